The van der Waals surface area contributed by atoms with Crippen LogP contribution in [-0.4, -0.2) is 51.0 Å². The Morgan fingerprint density at radius 2 is 2.13 bits per heavy atom. The summed E-state index contributed by atoms with van der Waals surface area (Å²) in [6.07, 6.45) is -0.620. The Morgan fingerprint density at radius 1 is 1.48 bits per heavy atom. The highest BCUT2D eigenvalue weighted by Gasteiger charge is 2.42. The van der Waals surface area contributed by atoms with Crippen LogP contribution >= 0.6 is 11.6 Å². The zero-order chi connectivity index (χ0) is 17.4. The summed E-state index contributed by atoms with van der Waals surface area (Å²) in [5.74, 6) is -0.372. The number of nitrogens with zero attached hydrogens (tertiary/aromatic N) is 1. The third kappa shape index (κ3) is 3.30. The lowest BCUT2D eigenvalue weighted by Gasteiger charge is -2.37. The number of hydrogen-bond donors (Lipinski definition) is 1. The van der Waals surface area contributed by atoms with Gasteiger partial charge in [-0.3, -0.25) is 4.79 Å². The van der Waals surface area contributed by atoms with E-state index in [4.69, 9.17) is 26.8 Å². The number of halogens is 1. The Hall–Kier alpha value is -1.35. The number of carbonyl (C=O) groups excluding carboxylic acids is 1. The molecule has 0 aromatic heterocycles. The molecule has 9 heteroatoms. The number of methoxy groups -OCH3 is 1. The molecule has 0 spiro atoms. The molecule has 1 fully saturated rings. The monoisotopic (exact) mass is 362 g/mol. The molecular formula is C14H19ClN2O5S. The average molecular weight is 363 g/mol. The summed E-state index contributed by atoms with van der Waals surface area (Å²) in [4.78, 5) is 11.7. The summed E-state index contributed by atoms with van der Waals surface area (Å²) in [6, 6.07) is 1.80. The van der Waals surface area contributed by atoms with Crippen molar-refractivity contribution in [1.29, 1.82) is 0 Å². The first-order valence-corrected chi connectivity index (χ1v) is 8.79. The van der Waals surface area contributed by atoms with Crippen LogP contribution in [0, 0.1) is 6.92 Å². The van der Waals surface area contributed by atoms with Crippen LogP contribution < -0.4 is 10.5 Å². The van der Waals surface area contributed by atoms with E-state index in [1.807, 2.05) is 0 Å². The third-order valence-electron chi connectivity index (χ3n) is 3.77. The Labute approximate surface area is 140 Å². The van der Waals surface area contributed by atoms with Crippen molar-refractivity contribution >= 4 is 27.5 Å². The summed E-state index contributed by atoms with van der Waals surface area (Å²) >= 11 is 6.05. The van der Waals surface area contributed by atoms with Crippen molar-refractivity contribution in [2.75, 3.05) is 20.3 Å². The second kappa shape index (κ2) is 6.64. The van der Waals surface area contributed by atoms with Gasteiger partial charge >= 0.3 is 0 Å². The molecule has 0 bridgehead atoms. The fourth-order valence-electron chi connectivity index (χ4n) is 2.63. The summed E-state index contributed by atoms with van der Waals surface area (Å²) in [5.41, 5.74) is 5.83. The predicted octanol–water partition coefficient (Wildman–Crippen LogP) is 0.920. The first-order chi connectivity index (χ1) is 10.7. The van der Waals surface area contributed by atoms with Crippen molar-refractivity contribution in [2.24, 2.45) is 5.73 Å². The standard InChI is InChI=1S/C14H19ClN2O5S/c1-8-6-11(21-3)10(15)7-12(8)23(19,20)17-4-5-22-9(2)13(17)14(16)18/h6-7,9,13H,4-5H2,1-3H3,(H2,16,18)/t9-,13+/m1/s1. The number of rotatable bonds is 4. The molecule has 2 N–H and O–H groups in total. The van der Waals surface area contributed by atoms with Crippen molar-refractivity contribution < 1.29 is 22.7 Å². The number of nitrogens with two attached hydrogens (primary N) is 1. The van der Waals surface area contributed by atoms with Crippen LogP contribution in [0.4, 0.5) is 0 Å². The predicted molar refractivity (Wildman–Crippen MR) is 85.0 cm³/mol. The van der Waals surface area contributed by atoms with E-state index in [0.29, 0.717) is 11.3 Å². The van der Waals surface area contributed by atoms with Crippen molar-refractivity contribution in [3.05, 3.63) is 22.7 Å². The molecule has 0 saturated carbocycles. The highest BCUT2D eigenvalue weighted by Crippen LogP contribution is 2.33. The molecule has 1 aromatic rings. The van der Waals surface area contributed by atoms with Gasteiger partial charge < -0.3 is 15.2 Å². The minimum absolute atomic E-state index is 0.0173. The van der Waals surface area contributed by atoms with Crippen LogP contribution in [0.15, 0.2) is 17.0 Å². The number of morpholine rings is 1. The van der Waals surface area contributed by atoms with Gasteiger partial charge in [0.25, 0.3) is 0 Å². The molecule has 1 aliphatic rings. The average Bonchev–Trinajstić information content (AvgIpc) is 2.48. The number of aryl methyl sites for hydroxylation is 1. The molecule has 23 heavy (non-hydrogen) atoms. The molecule has 0 aliphatic carbocycles. The van der Waals surface area contributed by atoms with E-state index < -0.39 is 28.1 Å². The fraction of sp³-hybridized carbons (Fsp3) is 0.500. The van der Waals surface area contributed by atoms with Crippen molar-refractivity contribution in [3.8, 4) is 5.75 Å². The van der Waals surface area contributed by atoms with Crippen molar-refractivity contribution in [2.45, 2.75) is 30.9 Å². The van der Waals surface area contributed by atoms with Gasteiger partial charge in [0.15, 0.2) is 0 Å². The lowest BCUT2D eigenvalue weighted by atomic mass is 10.1. The number of carbonyl (C=O) groups is 1. The van der Waals surface area contributed by atoms with Crippen LogP contribution in [0.1, 0.15) is 12.5 Å². The zero-order valence-corrected chi connectivity index (χ0v) is 14.6. The van der Waals surface area contributed by atoms with Gasteiger partial charge in [-0.2, -0.15) is 4.31 Å². The van der Waals surface area contributed by atoms with Crippen LogP contribution in [0.3, 0.4) is 0 Å². The summed E-state index contributed by atoms with van der Waals surface area (Å²) in [5, 5.41) is 0.175. The Kier molecular flexibility index (Phi) is 5.20. The van der Waals surface area contributed by atoms with Gasteiger partial charge in [-0.05, 0) is 31.5 Å². The van der Waals surface area contributed by atoms with E-state index in [0.717, 1.165) is 4.31 Å². The lowest BCUT2D eigenvalue weighted by molar-refractivity contribution is -0.130. The van der Waals surface area contributed by atoms with E-state index in [1.54, 1.807) is 19.9 Å². The summed E-state index contributed by atoms with van der Waals surface area (Å²) in [7, 11) is -2.51. The minimum Gasteiger partial charge on any atom is -0.495 e. The smallest absolute Gasteiger partial charge is 0.244 e. The topological polar surface area (TPSA) is 98.9 Å². The number of ether oxygens (including phenoxy) is 2. The molecule has 1 saturated heterocycles. The largest absolute Gasteiger partial charge is 0.495 e. The Balaban J connectivity index is 2.53. The number of hydrogen-bond acceptors (Lipinski definition) is 5. The maximum Gasteiger partial charge on any atom is 0.244 e. The van der Waals surface area contributed by atoms with E-state index >= 15 is 0 Å². The zero-order valence-electron chi connectivity index (χ0n) is 13.1. The fourth-order valence-corrected chi connectivity index (χ4v) is 4.81. The van der Waals surface area contributed by atoms with E-state index in [9.17, 15) is 13.2 Å². The van der Waals surface area contributed by atoms with Gasteiger partial charge in [-0.25, -0.2) is 8.42 Å². The molecule has 7 nitrogen and oxygen atoms in total. The second-order valence-electron chi connectivity index (χ2n) is 5.29. The maximum absolute atomic E-state index is 13.0. The van der Waals surface area contributed by atoms with Crippen LogP contribution in [0.2, 0.25) is 5.02 Å². The van der Waals surface area contributed by atoms with E-state index in [1.165, 1.54) is 13.2 Å². The quantitative estimate of drug-likeness (QED) is 0.858. The first kappa shape index (κ1) is 18.0. The third-order valence-corrected chi connectivity index (χ3v) is 6.09. The minimum atomic E-state index is -3.95. The number of benzene rings is 1. The molecule has 2 rings (SSSR count). The van der Waals surface area contributed by atoms with Gasteiger partial charge in [-0.15, -0.1) is 0 Å². The van der Waals surface area contributed by atoms with E-state index in [-0.39, 0.29) is 23.1 Å². The highest BCUT2D eigenvalue weighted by atomic mass is 35.5. The molecule has 0 unspecified atom stereocenters. The van der Waals surface area contributed by atoms with Gasteiger partial charge in [-0.1, -0.05) is 11.6 Å². The molecule has 0 radical (unpaired) electrons. The number of sulfonamides is 1. The Bertz CT molecular complexity index is 722. The van der Waals surface area contributed by atoms with E-state index in [2.05, 4.69) is 0 Å². The van der Waals surface area contributed by atoms with Crippen LogP contribution in [-0.2, 0) is 19.6 Å². The highest BCUT2D eigenvalue weighted by molar-refractivity contribution is 7.89. The van der Waals surface area contributed by atoms with Crippen LogP contribution in [0.5, 0.6) is 5.75 Å². The number of amides is 1. The van der Waals surface area contributed by atoms with Gasteiger partial charge in [0.2, 0.25) is 15.9 Å². The summed E-state index contributed by atoms with van der Waals surface area (Å²) in [6.45, 7) is 3.48. The molecule has 1 amide bonds. The van der Waals surface area contributed by atoms with Crippen molar-refractivity contribution in [3.63, 3.8) is 0 Å². The first-order valence-electron chi connectivity index (χ1n) is 6.97. The number of primary amides is 1. The second-order valence-corrected chi connectivity index (χ2v) is 7.56. The summed E-state index contributed by atoms with van der Waals surface area (Å²) < 4.78 is 37.5. The maximum atomic E-state index is 13.0. The molecular weight excluding hydrogens is 344 g/mol. The molecule has 128 valence electrons. The molecule has 2 atom stereocenters. The normalized spacial score (nSPS) is 22.8. The van der Waals surface area contributed by atoms with Gasteiger partial charge in [0.1, 0.15) is 11.8 Å². The van der Waals surface area contributed by atoms with Crippen molar-refractivity contribution in [1.82, 2.24) is 4.31 Å². The van der Waals surface area contributed by atoms with Gasteiger partial charge in [0, 0.05) is 6.54 Å². The lowest BCUT2D eigenvalue weighted by Crippen LogP contribution is -2.58. The van der Waals surface area contributed by atoms with Crippen LogP contribution in [0.25, 0.3) is 0 Å². The van der Waals surface area contributed by atoms with Gasteiger partial charge in [0.05, 0.1) is 29.7 Å². The molecule has 1 heterocycles. The SMILES string of the molecule is COc1cc(C)c(S(=O)(=O)N2CCO[C@H](C)[C@H]2C(N)=O)cc1Cl. The molecule has 1 aromatic carbocycles. The Morgan fingerprint density at radius 3 is 2.70 bits per heavy atom. The molecule has 1 aliphatic heterocycles.